The number of nitrogens with zero attached hydrogens (tertiary/aromatic N) is 4. The van der Waals surface area contributed by atoms with E-state index in [4.69, 9.17) is 0 Å². The molecule has 1 aliphatic carbocycles. The highest BCUT2D eigenvalue weighted by atomic mass is 32.2. The fraction of sp³-hybridized carbons (Fsp3) is 0.625. The number of hydrogen-bond donors (Lipinski definition) is 1. The second-order valence-electron chi connectivity index (χ2n) is 6.82. The second-order valence-corrected chi connectivity index (χ2v) is 8.53. The third-order valence-corrected chi connectivity index (χ3v) is 6.51. The fourth-order valence-electron chi connectivity index (χ4n) is 3.66. The topological polar surface area (TPSA) is 81.8 Å². The number of aromatic nitrogens is 4. The lowest BCUT2D eigenvalue weighted by atomic mass is 10.2. The van der Waals surface area contributed by atoms with Crippen LogP contribution in [0.15, 0.2) is 4.90 Å². The lowest BCUT2D eigenvalue weighted by molar-refractivity contribution is -0.144. The van der Waals surface area contributed by atoms with E-state index in [0.717, 1.165) is 4.68 Å². The summed E-state index contributed by atoms with van der Waals surface area (Å²) >= 11 is 0. The van der Waals surface area contributed by atoms with Gasteiger partial charge in [-0.1, -0.05) is 0 Å². The molecule has 7 nitrogen and oxygen atoms in total. The summed E-state index contributed by atoms with van der Waals surface area (Å²) in [5.41, 5.74) is -0.434. The van der Waals surface area contributed by atoms with Crippen molar-refractivity contribution in [2.24, 2.45) is 0 Å². The Morgan fingerprint density at radius 1 is 1.17 bits per heavy atom. The number of aryl methyl sites for hydroxylation is 3. The molecule has 0 fully saturated rings. The molecule has 2 heterocycles. The van der Waals surface area contributed by atoms with E-state index >= 15 is 0 Å². The van der Waals surface area contributed by atoms with Gasteiger partial charge in [-0.25, -0.2) is 17.8 Å². The van der Waals surface area contributed by atoms with Crippen molar-refractivity contribution in [1.29, 1.82) is 0 Å². The first-order valence-electron chi connectivity index (χ1n) is 8.92. The van der Waals surface area contributed by atoms with Gasteiger partial charge in [0.25, 0.3) is 0 Å². The molecule has 162 valence electrons. The van der Waals surface area contributed by atoms with E-state index in [1.807, 2.05) is 0 Å². The van der Waals surface area contributed by atoms with Crippen molar-refractivity contribution < 1.29 is 30.4 Å². The summed E-state index contributed by atoms with van der Waals surface area (Å²) in [4.78, 5) is -0.355. The standard InChI is InChI=1S/C16H20F5N5O2S/c1-9-13(10(2)26(23-9)15(17)18)29(27,28)22-7-4-8-25-14(16(19,20)21)11-5-3-6-12(11)24-25/h15,22H,3-8H2,1-2H3. The largest absolute Gasteiger partial charge is 0.433 e. The molecule has 0 aliphatic heterocycles. The Hall–Kier alpha value is -2.02. The fourth-order valence-corrected chi connectivity index (χ4v) is 5.13. The molecule has 0 radical (unpaired) electrons. The van der Waals surface area contributed by atoms with Gasteiger partial charge >= 0.3 is 12.7 Å². The Kier molecular flexibility index (Phi) is 5.73. The second kappa shape index (κ2) is 7.67. The molecule has 2 aromatic heterocycles. The minimum Gasteiger partial charge on any atom is -0.260 e. The molecule has 1 N–H and O–H groups in total. The molecule has 0 atom stereocenters. The van der Waals surface area contributed by atoms with E-state index in [2.05, 4.69) is 14.9 Å². The summed E-state index contributed by atoms with van der Waals surface area (Å²) in [5.74, 6) is 0. The van der Waals surface area contributed by atoms with E-state index in [-0.39, 0.29) is 41.4 Å². The van der Waals surface area contributed by atoms with Gasteiger partial charge in [-0.3, -0.25) is 4.68 Å². The molecule has 2 aromatic rings. The zero-order chi connectivity index (χ0) is 21.6. The van der Waals surface area contributed by atoms with Crippen LogP contribution in [-0.2, 0) is 35.6 Å². The number of rotatable bonds is 7. The molecule has 0 amide bonds. The molecular formula is C16H20F5N5O2S. The molecule has 0 saturated carbocycles. The van der Waals surface area contributed by atoms with Gasteiger partial charge in [-0.05, 0) is 39.5 Å². The number of nitrogens with one attached hydrogen (secondary N) is 1. The maximum absolute atomic E-state index is 13.4. The zero-order valence-corrected chi connectivity index (χ0v) is 16.5. The summed E-state index contributed by atoms with van der Waals surface area (Å²) in [6, 6.07) is 0. The highest BCUT2D eigenvalue weighted by molar-refractivity contribution is 7.89. The minimum atomic E-state index is -4.54. The average Bonchev–Trinajstić information content (AvgIpc) is 3.23. The smallest absolute Gasteiger partial charge is 0.260 e. The van der Waals surface area contributed by atoms with Crippen molar-refractivity contribution in [1.82, 2.24) is 24.3 Å². The SMILES string of the molecule is Cc1nn(C(F)F)c(C)c1S(=O)(=O)NCCCn1nc2c(c1C(F)(F)F)CCC2. The van der Waals surface area contributed by atoms with Crippen LogP contribution < -0.4 is 4.72 Å². The van der Waals surface area contributed by atoms with Crippen LogP contribution in [0.2, 0.25) is 0 Å². The first kappa shape index (κ1) is 21.7. The summed E-state index contributed by atoms with van der Waals surface area (Å²) in [5, 5.41) is 7.55. The summed E-state index contributed by atoms with van der Waals surface area (Å²) in [6.45, 7) is -0.787. The predicted molar refractivity (Wildman–Crippen MR) is 92.0 cm³/mol. The predicted octanol–water partition coefficient (Wildman–Crippen LogP) is 2.97. The van der Waals surface area contributed by atoms with Gasteiger partial charge in [0.05, 0.1) is 17.1 Å². The van der Waals surface area contributed by atoms with Gasteiger partial charge < -0.3 is 0 Å². The van der Waals surface area contributed by atoms with Crippen LogP contribution in [0, 0.1) is 13.8 Å². The first-order valence-corrected chi connectivity index (χ1v) is 10.4. The van der Waals surface area contributed by atoms with Crippen molar-refractivity contribution in [3.8, 4) is 0 Å². The summed E-state index contributed by atoms with van der Waals surface area (Å²) in [7, 11) is -4.14. The van der Waals surface area contributed by atoms with Crippen LogP contribution in [0.25, 0.3) is 0 Å². The van der Waals surface area contributed by atoms with Crippen molar-refractivity contribution in [2.75, 3.05) is 6.54 Å². The van der Waals surface area contributed by atoms with Gasteiger partial charge in [0.15, 0.2) is 0 Å². The van der Waals surface area contributed by atoms with Crippen molar-refractivity contribution in [2.45, 2.75) is 63.7 Å². The van der Waals surface area contributed by atoms with Gasteiger partial charge in [0.2, 0.25) is 10.0 Å². The Morgan fingerprint density at radius 2 is 1.86 bits per heavy atom. The van der Waals surface area contributed by atoms with Crippen LogP contribution >= 0.6 is 0 Å². The normalized spacial score (nSPS) is 14.8. The zero-order valence-electron chi connectivity index (χ0n) is 15.7. The highest BCUT2D eigenvalue weighted by Gasteiger charge is 2.40. The van der Waals surface area contributed by atoms with Crippen molar-refractivity contribution >= 4 is 10.0 Å². The van der Waals surface area contributed by atoms with E-state index in [9.17, 15) is 30.4 Å². The molecule has 13 heteroatoms. The van der Waals surface area contributed by atoms with Gasteiger partial charge in [-0.2, -0.15) is 32.1 Å². The molecule has 0 spiro atoms. The Bertz CT molecular complexity index is 1010. The van der Waals surface area contributed by atoms with E-state index in [1.54, 1.807) is 0 Å². The van der Waals surface area contributed by atoms with Crippen LogP contribution in [0.5, 0.6) is 0 Å². The molecule has 3 rings (SSSR count). The lowest BCUT2D eigenvalue weighted by Crippen LogP contribution is -2.27. The van der Waals surface area contributed by atoms with Gasteiger partial charge in [0.1, 0.15) is 10.6 Å². The van der Waals surface area contributed by atoms with Gasteiger partial charge in [-0.15, -0.1) is 0 Å². The lowest BCUT2D eigenvalue weighted by Gasteiger charge is -2.13. The Morgan fingerprint density at radius 3 is 2.45 bits per heavy atom. The highest BCUT2D eigenvalue weighted by Crippen LogP contribution is 2.37. The average molecular weight is 441 g/mol. The van der Waals surface area contributed by atoms with E-state index in [0.29, 0.717) is 29.6 Å². The van der Waals surface area contributed by atoms with Crippen molar-refractivity contribution in [3.63, 3.8) is 0 Å². The quantitative estimate of drug-likeness (QED) is 0.529. The van der Waals surface area contributed by atoms with Crippen LogP contribution in [0.4, 0.5) is 22.0 Å². The molecule has 29 heavy (non-hydrogen) atoms. The maximum atomic E-state index is 13.4. The molecule has 0 saturated heterocycles. The number of alkyl halides is 5. The molecule has 1 aliphatic rings. The summed E-state index contributed by atoms with van der Waals surface area (Å²) < 4.78 is 94.2. The monoisotopic (exact) mass is 441 g/mol. The number of halogens is 5. The third-order valence-electron chi connectivity index (χ3n) is 4.79. The maximum Gasteiger partial charge on any atom is 0.433 e. The number of fused-ring (bicyclic) bond motifs is 1. The van der Waals surface area contributed by atoms with Crippen molar-refractivity contribution in [3.05, 3.63) is 28.3 Å². The van der Waals surface area contributed by atoms with Crippen LogP contribution in [0.1, 0.15) is 47.7 Å². The van der Waals surface area contributed by atoms with E-state index < -0.39 is 28.4 Å². The Labute approximate surface area is 163 Å². The minimum absolute atomic E-state index is 0.0456. The molecule has 0 aromatic carbocycles. The van der Waals surface area contributed by atoms with Crippen LogP contribution in [-0.4, -0.2) is 34.5 Å². The first-order chi connectivity index (χ1) is 13.4. The van der Waals surface area contributed by atoms with Crippen LogP contribution in [0.3, 0.4) is 0 Å². The third kappa shape index (κ3) is 4.15. The van der Waals surface area contributed by atoms with E-state index in [1.165, 1.54) is 13.8 Å². The number of sulfonamides is 1. The molecular weight excluding hydrogens is 421 g/mol. The van der Waals surface area contributed by atoms with Gasteiger partial charge in [0, 0.05) is 18.7 Å². The number of hydrogen-bond acceptors (Lipinski definition) is 4. The molecule has 0 unspecified atom stereocenters. The summed E-state index contributed by atoms with van der Waals surface area (Å²) in [6.07, 6.45) is -3.05. The Balaban J connectivity index is 1.69. The molecule has 0 bridgehead atoms.